The van der Waals surface area contributed by atoms with E-state index in [4.69, 9.17) is 4.74 Å². The Morgan fingerprint density at radius 1 is 1.65 bits per heavy atom. The van der Waals surface area contributed by atoms with Gasteiger partial charge in [-0.1, -0.05) is 0 Å². The predicted octanol–water partition coefficient (Wildman–Crippen LogP) is 0.271. The number of aromatic nitrogens is 1. The molecule has 2 heterocycles. The maximum Gasteiger partial charge on any atom is 0.252 e. The number of amides is 1. The van der Waals surface area contributed by atoms with Crippen LogP contribution in [0.3, 0.4) is 0 Å². The van der Waals surface area contributed by atoms with Gasteiger partial charge >= 0.3 is 0 Å². The van der Waals surface area contributed by atoms with Crippen LogP contribution < -0.4 is 5.32 Å². The molecule has 5 heteroatoms. The van der Waals surface area contributed by atoms with Crippen LogP contribution >= 0.6 is 0 Å². The second-order valence-corrected chi connectivity index (χ2v) is 4.46. The van der Waals surface area contributed by atoms with E-state index in [1.807, 2.05) is 6.92 Å². The molecule has 2 N–H and O–H groups in total. The van der Waals surface area contributed by atoms with Gasteiger partial charge in [0.25, 0.3) is 5.91 Å². The molecule has 1 aromatic heterocycles. The summed E-state index contributed by atoms with van der Waals surface area (Å²) in [5.41, 5.74) is 0.514. The van der Waals surface area contributed by atoms with Crippen molar-refractivity contribution >= 4 is 5.91 Å². The highest BCUT2D eigenvalue weighted by atomic mass is 16.5. The number of carbonyl (C=O) groups is 1. The van der Waals surface area contributed by atoms with Gasteiger partial charge in [0.15, 0.2) is 0 Å². The highest BCUT2D eigenvalue weighted by Gasteiger charge is 2.32. The molecule has 5 nitrogen and oxygen atoms in total. The summed E-state index contributed by atoms with van der Waals surface area (Å²) in [6.07, 6.45) is 3.76. The van der Waals surface area contributed by atoms with Crippen LogP contribution in [0, 0.1) is 6.92 Å². The Hall–Kier alpha value is -1.46. The molecule has 0 saturated carbocycles. The van der Waals surface area contributed by atoms with Gasteiger partial charge in [0.05, 0.1) is 12.2 Å². The Labute approximate surface area is 99.8 Å². The van der Waals surface area contributed by atoms with Gasteiger partial charge in [-0.15, -0.1) is 0 Å². The minimum atomic E-state index is -0.924. The predicted molar refractivity (Wildman–Crippen MR) is 61.7 cm³/mol. The average molecular weight is 236 g/mol. The maximum atomic E-state index is 11.8. The first-order valence-electron chi connectivity index (χ1n) is 5.59. The van der Waals surface area contributed by atoms with Crippen molar-refractivity contribution in [2.45, 2.75) is 18.9 Å². The van der Waals surface area contributed by atoms with E-state index >= 15 is 0 Å². The lowest BCUT2D eigenvalue weighted by Crippen LogP contribution is -2.43. The van der Waals surface area contributed by atoms with E-state index in [0.29, 0.717) is 18.6 Å². The fourth-order valence-electron chi connectivity index (χ4n) is 1.76. The summed E-state index contributed by atoms with van der Waals surface area (Å²) in [6, 6.07) is 1.76. The molecule has 17 heavy (non-hydrogen) atoms. The molecule has 0 bridgehead atoms. The first-order chi connectivity index (χ1) is 8.09. The zero-order valence-corrected chi connectivity index (χ0v) is 9.77. The second kappa shape index (κ2) is 4.81. The molecule has 1 amide bonds. The molecule has 1 fully saturated rings. The monoisotopic (exact) mass is 236 g/mol. The summed E-state index contributed by atoms with van der Waals surface area (Å²) >= 11 is 0. The minimum Gasteiger partial charge on any atom is -0.386 e. The third-order valence-corrected chi connectivity index (χ3v) is 2.80. The van der Waals surface area contributed by atoms with Crippen molar-refractivity contribution in [3.05, 3.63) is 29.6 Å². The zero-order chi connectivity index (χ0) is 12.3. The first kappa shape index (κ1) is 12.0. The molecule has 1 aromatic rings. The van der Waals surface area contributed by atoms with Gasteiger partial charge < -0.3 is 15.2 Å². The first-order valence-corrected chi connectivity index (χ1v) is 5.59. The summed E-state index contributed by atoms with van der Waals surface area (Å²) in [5.74, 6) is -0.221. The number of ether oxygens (including phenoxy) is 1. The zero-order valence-electron chi connectivity index (χ0n) is 9.77. The van der Waals surface area contributed by atoms with Crippen molar-refractivity contribution in [2.24, 2.45) is 0 Å². The SMILES string of the molecule is Cc1cncc(C(=O)NCC2(O)CCOC2)c1. The standard InChI is InChI=1S/C12H16N2O3/c1-9-4-10(6-13-5-9)11(15)14-7-12(16)2-3-17-8-12/h4-6,16H,2-3,7-8H2,1H3,(H,14,15). The molecule has 1 unspecified atom stereocenters. The lowest BCUT2D eigenvalue weighted by molar-refractivity contribution is 0.0264. The molecule has 0 radical (unpaired) electrons. The molecule has 0 aromatic carbocycles. The van der Waals surface area contributed by atoms with Crippen LogP contribution in [0.5, 0.6) is 0 Å². The minimum absolute atomic E-state index is 0.208. The average Bonchev–Trinajstić information content (AvgIpc) is 2.74. The highest BCUT2D eigenvalue weighted by Crippen LogP contribution is 2.17. The molecular formula is C12H16N2O3. The number of nitrogens with one attached hydrogen (secondary N) is 1. The normalized spacial score (nSPS) is 23.6. The van der Waals surface area contributed by atoms with E-state index in [9.17, 15) is 9.90 Å². The van der Waals surface area contributed by atoms with E-state index < -0.39 is 5.60 Å². The van der Waals surface area contributed by atoms with Gasteiger partial charge in [-0.2, -0.15) is 0 Å². The van der Waals surface area contributed by atoms with Crippen LogP contribution in [0.1, 0.15) is 22.3 Å². The number of aryl methyl sites for hydroxylation is 1. The van der Waals surface area contributed by atoms with Crippen molar-refractivity contribution in [1.29, 1.82) is 0 Å². The van der Waals surface area contributed by atoms with Crippen LogP contribution in [-0.2, 0) is 4.74 Å². The van der Waals surface area contributed by atoms with Crippen LogP contribution in [0.15, 0.2) is 18.5 Å². The topological polar surface area (TPSA) is 71.5 Å². The van der Waals surface area contributed by atoms with Crippen molar-refractivity contribution < 1.29 is 14.6 Å². The smallest absolute Gasteiger partial charge is 0.252 e. The fraction of sp³-hybridized carbons (Fsp3) is 0.500. The van der Waals surface area contributed by atoms with Crippen molar-refractivity contribution in [2.75, 3.05) is 19.8 Å². The van der Waals surface area contributed by atoms with Crippen LogP contribution in [0.25, 0.3) is 0 Å². The molecule has 1 atom stereocenters. The lowest BCUT2D eigenvalue weighted by atomic mass is 10.0. The molecule has 0 spiro atoms. The van der Waals surface area contributed by atoms with Crippen molar-refractivity contribution in [3.63, 3.8) is 0 Å². The summed E-state index contributed by atoms with van der Waals surface area (Å²) in [7, 11) is 0. The third kappa shape index (κ3) is 3.01. The number of pyridine rings is 1. The van der Waals surface area contributed by atoms with Gasteiger partial charge in [-0.3, -0.25) is 9.78 Å². The second-order valence-electron chi connectivity index (χ2n) is 4.46. The number of carbonyl (C=O) groups excluding carboxylic acids is 1. The molecule has 0 aliphatic carbocycles. The van der Waals surface area contributed by atoms with E-state index in [1.54, 1.807) is 12.3 Å². The maximum absolute atomic E-state index is 11.8. The summed E-state index contributed by atoms with van der Waals surface area (Å²) in [5, 5.41) is 12.7. The van der Waals surface area contributed by atoms with Gasteiger partial charge in [-0.05, 0) is 18.6 Å². The van der Waals surface area contributed by atoms with Gasteiger partial charge in [0, 0.05) is 32.0 Å². The number of rotatable bonds is 3. The summed E-state index contributed by atoms with van der Waals surface area (Å²) in [4.78, 5) is 15.7. The number of hydrogen-bond donors (Lipinski definition) is 2. The molecule has 1 aliphatic heterocycles. The van der Waals surface area contributed by atoms with E-state index in [0.717, 1.165) is 5.56 Å². The van der Waals surface area contributed by atoms with Crippen LogP contribution in [0.4, 0.5) is 0 Å². The Morgan fingerprint density at radius 2 is 2.47 bits per heavy atom. The highest BCUT2D eigenvalue weighted by molar-refractivity contribution is 5.94. The van der Waals surface area contributed by atoms with Crippen molar-refractivity contribution in [1.82, 2.24) is 10.3 Å². The quantitative estimate of drug-likeness (QED) is 0.790. The molecule has 1 saturated heterocycles. The largest absolute Gasteiger partial charge is 0.386 e. The van der Waals surface area contributed by atoms with E-state index in [2.05, 4.69) is 10.3 Å². The van der Waals surface area contributed by atoms with Gasteiger partial charge in [0.2, 0.25) is 0 Å². The Bertz CT molecular complexity index is 414. The molecular weight excluding hydrogens is 220 g/mol. The third-order valence-electron chi connectivity index (χ3n) is 2.80. The Balaban J connectivity index is 1.93. The number of aliphatic hydroxyl groups is 1. The number of hydrogen-bond acceptors (Lipinski definition) is 4. The fourth-order valence-corrected chi connectivity index (χ4v) is 1.76. The van der Waals surface area contributed by atoms with E-state index in [1.165, 1.54) is 6.20 Å². The van der Waals surface area contributed by atoms with Crippen molar-refractivity contribution in [3.8, 4) is 0 Å². The summed E-state index contributed by atoms with van der Waals surface area (Å²) < 4.78 is 5.10. The lowest BCUT2D eigenvalue weighted by Gasteiger charge is -2.20. The molecule has 1 aliphatic rings. The van der Waals surface area contributed by atoms with Gasteiger partial charge in [-0.25, -0.2) is 0 Å². The van der Waals surface area contributed by atoms with Crippen LogP contribution in [0.2, 0.25) is 0 Å². The Kier molecular flexibility index (Phi) is 3.40. The number of nitrogens with zero attached hydrogens (tertiary/aromatic N) is 1. The van der Waals surface area contributed by atoms with Gasteiger partial charge in [0.1, 0.15) is 5.60 Å². The molecule has 92 valence electrons. The Morgan fingerprint density at radius 3 is 3.12 bits per heavy atom. The summed E-state index contributed by atoms with van der Waals surface area (Å²) in [6.45, 7) is 2.90. The van der Waals surface area contributed by atoms with E-state index in [-0.39, 0.29) is 19.1 Å². The van der Waals surface area contributed by atoms with Crippen LogP contribution in [-0.4, -0.2) is 41.4 Å². The molecule has 2 rings (SSSR count).